The molecule has 2 N–H and O–H groups in total. The van der Waals surface area contributed by atoms with Crippen LogP contribution in [0.25, 0.3) is 6.08 Å². The normalized spacial score (nSPS) is 12.8. The van der Waals surface area contributed by atoms with Crippen LogP contribution >= 0.6 is 11.6 Å². The summed E-state index contributed by atoms with van der Waals surface area (Å²) in [5, 5.41) is 5.62. The van der Waals surface area contributed by atoms with Crippen LogP contribution in [0.15, 0.2) is 36.4 Å². The lowest BCUT2D eigenvalue weighted by Crippen LogP contribution is -2.25. The Kier molecular flexibility index (Phi) is 5.52. The zero-order chi connectivity index (χ0) is 19.4. The Morgan fingerprint density at radius 3 is 2.81 bits per heavy atom. The molecule has 2 amide bonds. The molecule has 0 aliphatic carbocycles. The fourth-order valence-electron chi connectivity index (χ4n) is 2.49. The first-order chi connectivity index (χ1) is 13.0. The Balaban J connectivity index is 1.75. The summed E-state index contributed by atoms with van der Waals surface area (Å²) in [7, 11) is 3.10. The first-order valence-corrected chi connectivity index (χ1v) is 8.35. The predicted octanol–water partition coefficient (Wildman–Crippen LogP) is 3.34. The third-order valence-electron chi connectivity index (χ3n) is 3.81. The van der Waals surface area contributed by atoms with Gasteiger partial charge >= 0.3 is 0 Å². The quantitative estimate of drug-likeness (QED) is 0.767. The summed E-state index contributed by atoms with van der Waals surface area (Å²) >= 11 is 6.17. The maximum Gasteiger partial charge on any atom is 0.262 e. The van der Waals surface area contributed by atoms with Crippen LogP contribution in [0.2, 0.25) is 5.02 Å². The molecule has 0 unspecified atom stereocenters. The van der Waals surface area contributed by atoms with E-state index in [0.717, 1.165) is 5.56 Å². The molecule has 0 aromatic heterocycles. The average molecular weight is 389 g/mol. The maximum atomic E-state index is 12.2. The summed E-state index contributed by atoms with van der Waals surface area (Å²) in [6.07, 6.45) is 2.99. The van der Waals surface area contributed by atoms with E-state index in [0.29, 0.717) is 28.6 Å². The molecule has 0 spiro atoms. The van der Waals surface area contributed by atoms with Crippen molar-refractivity contribution in [3.05, 3.63) is 47.0 Å². The van der Waals surface area contributed by atoms with Crippen molar-refractivity contribution < 1.29 is 23.8 Å². The minimum absolute atomic E-state index is 0.0841. The van der Waals surface area contributed by atoms with E-state index in [1.165, 1.54) is 19.3 Å². The molecule has 0 fully saturated rings. The Morgan fingerprint density at radius 1 is 1.26 bits per heavy atom. The van der Waals surface area contributed by atoms with Gasteiger partial charge in [-0.15, -0.1) is 0 Å². The van der Waals surface area contributed by atoms with Crippen LogP contribution in [0.3, 0.4) is 0 Å². The molecule has 0 saturated carbocycles. The van der Waals surface area contributed by atoms with Gasteiger partial charge < -0.3 is 24.8 Å². The van der Waals surface area contributed by atoms with E-state index in [1.807, 2.05) is 0 Å². The van der Waals surface area contributed by atoms with Gasteiger partial charge in [-0.3, -0.25) is 9.59 Å². The lowest BCUT2D eigenvalue weighted by Gasteiger charge is -2.19. The van der Waals surface area contributed by atoms with Gasteiger partial charge in [-0.2, -0.15) is 0 Å². The summed E-state index contributed by atoms with van der Waals surface area (Å²) in [6, 6.07) is 8.37. The maximum absolute atomic E-state index is 12.2. The van der Waals surface area contributed by atoms with Crippen LogP contribution in [-0.4, -0.2) is 32.6 Å². The molecule has 8 heteroatoms. The largest absolute Gasteiger partial charge is 0.497 e. The minimum atomic E-state index is -0.380. The SMILES string of the molecule is COc1ccc(/C=C/C(=O)Nc2cc3c(cc2Cl)NC(=O)CO3)c(OC)c1. The van der Waals surface area contributed by atoms with Crippen molar-refractivity contribution in [1.82, 2.24) is 0 Å². The van der Waals surface area contributed by atoms with Gasteiger partial charge in [-0.1, -0.05) is 11.6 Å². The molecule has 0 atom stereocenters. The van der Waals surface area contributed by atoms with Crippen molar-refractivity contribution >= 4 is 40.9 Å². The van der Waals surface area contributed by atoms with Gasteiger partial charge in [0.2, 0.25) is 5.91 Å². The van der Waals surface area contributed by atoms with Crippen molar-refractivity contribution in [3.8, 4) is 17.2 Å². The Morgan fingerprint density at radius 2 is 2.07 bits per heavy atom. The Labute approximate surface area is 160 Å². The molecule has 7 nitrogen and oxygen atoms in total. The number of halogens is 1. The molecule has 27 heavy (non-hydrogen) atoms. The molecule has 2 aromatic rings. The Bertz CT molecular complexity index is 927. The van der Waals surface area contributed by atoms with Crippen molar-refractivity contribution in [2.45, 2.75) is 0 Å². The van der Waals surface area contributed by atoms with Crippen LogP contribution in [0.1, 0.15) is 5.56 Å². The zero-order valence-electron chi connectivity index (χ0n) is 14.7. The number of hydrogen-bond donors (Lipinski definition) is 2. The highest BCUT2D eigenvalue weighted by Gasteiger charge is 2.18. The lowest BCUT2D eigenvalue weighted by molar-refractivity contribution is -0.118. The summed E-state index contributed by atoms with van der Waals surface area (Å²) in [5.74, 6) is 1.03. The predicted molar refractivity (Wildman–Crippen MR) is 103 cm³/mol. The van der Waals surface area contributed by atoms with E-state index in [1.54, 1.807) is 37.5 Å². The molecule has 0 saturated heterocycles. The van der Waals surface area contributed by atoms with Gasteiger partial charge in [0.1, 0.15) is 17.2 Å². The third kappa shape index (κ3) is 4.32. The number of rotatable bonds is 5. The second kappa shape index (κ2) is 8.01. The van der Waals surface area contributed by atoms with Gasteiger partial charge in [-0.05, 0) is 24.3 Å². The molecule has 0 bridgehead atoms. The second-order valence-corrected chi connectivity index (χ2v) is 6.00. The smallest absolute Gasteiger partial charge is 0.262 e. The van der Waals surface area contributed by atoms with Crippen LogP contribution < -0.4 is 24.8 Å². The van der Waals surface area contributed by atoms with Crippen molar-refractivity contribution in [2.24, 2.45) is 0 Å². The van der Waals surface area contributed by atoms with Crippen molar-refractivity contribution in [2.75, 3.05) is 31.5 Å². The molecule has 1 heterocycles. The number of benzene rings is 2. The highest BCUT2D eigenvalue weighted by molar-refractivity contribution is 6.34. The van der Waals surface area contributed by atoms with Crippen molar-refractivity contribution in [1.29, 1.82) is 0 Å². The summed E-state index contributed by atoms with van der Waals surface area (Å²) in [4.78, 5) is 23.6. The number of nitrogens with one attached hydrogen (secondary N) is 2. The molecule has 2 aromatic carbocycles. The molecule has 0 radical (unpaired) electrons. The number of methoxy groups -OCH3 is 2. The number of ether oxygens (including phenoxy) is 3. The summed E-state index contributed by atoms with van der Waals surface area (Å²) in [6.45, 7) is -0.0841. The minimum Gasteiger partial charge on any atom is -0.497 e. The number of fused-ring (bicyclic) bond motifs is 1. The highest BCUT2D eigenvalue weighted by atomic mass is 35.5. The van der Waals surface area contributed by atoms with Crippen LogP contribution in [0.4, 0.5) is 11.4 Å². The van der Waals surface area contributed by atoms with E-state index in [9.17, 15) is 9.59 Å². The molecule has 1 aliphatic heterocycles. The third-order valence-corrected chi connectivity index (χ3v) is 4.13. The summed E-state index contributed by atoms with van der Waals surface area (Å²) < 4.78 is 15.8. The van der Waals surface area contributed by atoms with Gasteiger partial charge in [0.15, 0.2) is 6.61 Å². The molecule has 3 rings (SSSR count). The zero-order valence-corrected chi connectivity index (χ0v) is 15.4. The first kappa shape index (κ1) is 18.6. The van der Waals surface area contributed by atoms with Gasteiger partial charge in [0.05, 0.1) is 30.6 Å². The van der Waals surface area contributed by atoms with Gasteiger partial charge in [0, 0.05) is 23.8 Å². The second-order valence-electron chi connectivity index (χ2n) is 5.60. The first-order valence-electron chi connectivity index (χ1n) is 7.97. The number of anilines is 2. The summed E-state index contributed by atoms with van der Waals surface area (Å²) in [5.41, 5.74) is 1.56. The van der Waals surface area contributed by atoms with E-state index in [2.05, 4.69) is 10.6 Å². The monoisotopic (exact) mass is 388 g/mol. The van der Waals surface area contributed by atoms with Crippen LogP contribution in [-0.2, 0) is 9.59 Å². The van der Waals surface area contributed by atoms with E-state index in [4.69, 9.17) is 25.8 Å². The lowest BCUT2D eigenvalue weighted by atomic mass is 10.1. The molecule has 140 valence electrons. The topological polar surface area (TPSA) is 85.9 Å². The number of amides is 2. The van der Waals surface area contributed by atoms with E-state index in [-0.39, 0.29) is 23.4 Å². The van der Waals surface area contributed by atoms with Gasteiger partial charge in [-0.25, -0.2) is 0 Å². The standard InChI is InChI=1S/C19H17ClN2O5/c1-25-12-5-3-11(16(7-12)26-2)4-6-18(23)21-14-9-17-15(8-13(14)20)22-19(24)10-27-17/h3-9H,10H2,1-2H3,(H,21,23)(H,22,24)/b6-4+. The molecular weight excluding hydrogens is 372 g/mol. The fourth-order valence-corrected chi connectivity index (χ4v) is 2.70. The molecular formula is C19H17ClN2O5. The highest BCUT2D eigenvalue weighted by Crippen LogP contribution is 2.36. The average Bonchev–Trinajstić information content (AvgIpc) is 2.67. The number of hydrogen-bond acceptors (Lipinski definition) is 5. The molecule has 1 aliphatic rings. The van der Waals surface area contributed by atoms with E-state index >= 15 is 0 Å². The van der Waals surface area contributed by atoms with Crippen LogP contribution in [0, 0.1) is 0 Å². The van der Waals surface area contributed by atoms with Gasteiger partial charge in [0.25, 0.3) is 5.91 Å². The van der Waals surface area contributed by atoms with E-state index < -0.39 is 0 Å². The number of carbonyl (C=O) groups excluding carboxylic acids is 2. The fraction of sp³-hybridized carbons (Fsp3) is 0.158. The number of carbonyl (C=O) groups is 2. The van der Waals surface area contributed by atoms with Crippen LogP contribution in [0.5, 0.6) is 17.2 Å². The van der Waals surface area contributed by atoms with Crippen molar-refractivity contribution in [3.63, 3.8) is 0 Å². The Hall–Kier alpha value is -3.19.